The largest absolute Gasteiger partial charge is 0.492 e. The van der Waals surface area contributed by atoms with Gasteiger partial charge in [0, 0.05) is 31.0 Å². The number of rotatable bonds is 4. The van der Waals surface area contributed by atoms with Gasteiger partial charge in [0.2, 0.25) is 6.86 Å². The number of carbonyl (C=O) groups excluding carboxylic acids is 1. The lowest BCUT2D eigenvalue weighted by Crippen LogP contribution is -2.46. The molecule has 2 aromatic rings. The number of halogens is 1. The number of fused-ring (bicyclic) bond motifs is 1. The van der Waals surface area contributed by atoms with Crippen molar-refractivity contribution in [3.63, 3.8) is 0 Å². The molecule has 0 radical (unpaired) electrons. The highest BCUT2D eigenvalue weighted by molar-refractivity contribution is 7.92. The summed E-state index contributed by atoms with van der Waals surface area (Å²) in [6, 6.07) is 7.71. The Balaban J connectivity index is 1.84. The van der Waals surface area contributed by atoms with Gasteiger partial charge in [-0.2, -0.15) is 0 Å². The molecule has 0 saturated heterocycles. The number of sulfone groups is 1. The number of benzene rings is 1. The third-order valence-electron chi connectivity index (χ3n) is 5.03. The van der Waals surface area contributed by atoms with E-state index < -0.39 is 27.4 Å². The second-order valence-corrected chi connectivity index (χ2v) is 10.5. The molecule has 0 aliphatic carbocycles. The van der Waals surface area contributed by atoms with Crippen molar-refractivity contribution in [1.82, 2.24) is 15.6 Å². The van der Waals surface area contributed by atoms with Crippen LogP contribution in [0.2, 0.25) is 0 Å². The molecule has 2 heterocycles. The van der Waals surface area contributed by atoms with Crippen molar-refractivity contribution < 1.29 is 27.1 Å². The van der Waals surface area contributed by atoms with E-state index in [0.717, 1.165) is 0 Å². The first kappa shape index (κ1) is 23.9. The lowest BCUT2D eigenvalue weighted by molar-refractivity contribution is 0.102. The van der Waals surface area contributed by atoms with Gasteiger partial charge in [0.05, 0.1) is 16.7 Å². The van der Waals surface area contributed by atoms with E-state index in [0.29, 0.717) is 43.4 Å². The zero-order chi connectivity index (χ0) is 23.2. The average molecular weight is 467 g/mol. The van der Waals surface area contributed by atoms with Gasteiger partial charge in [-0.25, -0.2) is 17.8 Å². The monoisotopic (exact) mass is 466 g/mol. The third kappa shape index (κ3) is 5.93. The number of amides is 1. The van der Waals surface area contributed by atoms with Crippen LogP contribution < -0.4 is 25.4 Å². The van der Waals surface area contributed by atoms with E-state index in [1.807, 2.05) is 0 Å². The van der Waals surface area contributed by atoms with Gasteiger partial charge in [0.15, 0.2) is 9.84 Å². The fraction of sp³-hybridized carbons (Fsp3) is 0.429. The molecular formula is C21H27FN4O5S. The Morgan fingerprint density at radius 3 is 2.81 bits per heavy atom. The molecule has 0 atom stereocenters. The topological polar surface area (TPSA) is 119 Å². The zero-order valence-corrected chi connectivity index (χ0v) is 18.8. The normalized spacial score (nSPS) is 18.2. The SMILES string of the molecule is CC1(C)CNCNCCOc2ccc(NC(=O)c3ccc(OCF)cn3)cc2CS1(=O)=O. The van der Waals surface area contributed by atoms with E-state index in [2.05, 4.69) is 25.7 Å². The van der Waals surface area contributed by atoms with E-state index in [9.17, 15) is 17.6 Å². The number of hydrogen-bond acceptors (Lipinski definition) is 8. The molecule has 3 rings (SSSR count). The molecule has 0 unspecified atom stereocenters. The summed E-state index contributed by atoms with van der Waals surface area (Å²) in [5.74, 6) is -0.0782. The summed E-state index contributed by atoms with van der Waals surface area (Å²) in [5.41, 5.74) is 0.960. The maximum absolute atomic E-state index is 13.1. The van der Waals surface area contributed by atoms with E-state index in [1.54, 1.807) is 32.0 Å². The lowest BCUT2D eigenvalue weighted by Gasteiger charge is -2.27. The van der Waals surface area contributed by atoms with Crippen molar-refractivity contribution in [3.8, 4) is 11.5 Å². The molecule has 1 aliphatic rings. The molecule has 11 heteroatoms. The number of anilines is 1. The molecule has 0 saturated carbocycles. The number of aromatic nitrogens is 1. The Morgan fingerprint density at radius 1 is 1.28 bits per heavy atom. The van der Waals surface area contributed by atoms with Crippen LogP contribution in [-0.4, -0.2) is 57.3 Å². The smallest absolute Gasteiger partial charge is 0.274 e. The van der Waals surface area contributed by atoms with Crippen LogP contribution in [0.3, 0.4) is 0 Å². The van der Waals surface area contributed by atoms with E-state index in [1.165, 1.54) is 18.3 Å². The molecule has 0 fully saturated rings. The minimum Gasteiger partial charge on any atom is -0.492 e. The fourth-order valence-electron chi connectivity index (χ4n) is 3.05. The molecule has 0 spiro atoms. The number of carbonyl (C=O) groups is 1. The summed E-state index contributed by atoms with van der Waals surface area (Å²) in [4.78, 5) is 16.5. The summed E-state index contributed by atoms with van der Waals surface area (Å²) in [6.45, 7) is 4.09. The number of hydrogen-bond donors (Lipinski definition) is 3. The molecular weight excluding hydrogens is 439 g/mol. The third-order valence-corrected chi connectivity index (χ3v) is 7.55. The van der Waals surface area contributed by atoms with Gasteiger partial charge in [0.1, 0.15) is 23.8 Å². The van der Waals surface area contributed by atoms with Gasteiger partial charge in [-0.3, -0.25) is 4.79 Å². The van der Waals surface area contributed by atoms with E-state index in [-0.39, 0.29) is 17.2 Å². The van der Waals surface area contributed by atoms with Crippen LogP contribution in [0.25, 0.3) is 0 Å². The Labute approximate surface area is 186 Å². The van der Waals surface area contributed by atoms with Crippen molar-refractivity contribution in [3.05, 3.63) is 47.8 Å². The predicted molar refractivity (Wildman–Crippen MR) is 118 cm³/mol. The molecule has 1 aromatic carbocycles. The quantitative estimate of drug-likeness (QED) is 0.625. The van der Waals surface area contributed by atoms with Crippen LogP contribution in [-0.2, 0) is 15.6 Å². The number of ether oxygens (including phenoxy) is 2. The fourth-order valence-corrected chi connectivity index (χ4v) is 4.40. The highest BCUT2D eigenvalue weighted by Gasteiger charge is 2.35. The van der Waals surface area contributed by atoms with Gasteiger partial charge in [-0.15, -0.1) is 0 Å². The summed E-state index contributed by atoms with van der Waals surface area (Å²) < 4.78 is 47.9. The highest BCUT2D eigenvalue weighted by atomic mass is 32.2. The predicted octanol–water partition coefficient (Wildman–Crippen LogP) is 1.86. The molecule has 1 amide bonds. The zero-order valence-electron chi connectivity index (χ0n) is 18.0. The first-order valence-corrected chi connectivity index (χ1v) is 11.7. The second-order valence-electron chi connectivity index (χ2n) is 7.88. The average Bonchev–Trinajstić information content (AvgIpc) is 2.74. The molecule has 174 valence electrons. The van der Waals surface area contributed by atoms with Crippen LogP contribution in [0.1, 0.15) is 29.9 Å². The van der Waals surface area contributed by atoms with Crippen molar-refractivity contribution in [2.75, 3.05) is 38.5 Å². The van der Waals surface area contributed by atoms with Crippen LogP contribution in [0, 0.1) is 0 Å². The number of nitrogens with zero attached hydrogens (tertiary/aromatic N) is 1. The van der Waals surface area contributed by atoms with Gasteiger partial charge in [0.25, 0.3) is 5.91 Å². The minimum atomic E-state index is -3.55. The standard InChI is InChI=1S/C21H27FN4O5S/c1-21(2)12-24-14-23-7-8-30-19-6-3-16(9-15(19)11-32(21,28)29)26-20(27)18-5-4-17(10-25-18)31-13-22/h3-6,9-10,23-24H,7-8,11-14H2,1-2H3,(H,26,27). The second kappa shape index (κ2) is 10.2. The number of nitrogens with one attached hydrogen (secondary N) is 3. The van der Waals surface area contributed by atoms with Crippen LogP contribution in [0.5, 0.6) is 11.5 Å². The van der Waals surface area contributed by atoms with Gasteiger partial charge >= 0.3 is 0 Å². The van der Waals surface area contributed by atoms with Crippen molar-refractivity contribution in [2.24, 2.45) is 0 Å². The van der Waals surface area contributed by atoms with Gasteiger partial charge < -0.3 is 25.4 Å². The minimum absolute atomic E-state index is 0.103. The van der Waals surface area contributed by atoms with Crippen LogP contribution >= 0.6 is 0 Å². The summed E-state index contributed by atoms with van der Waals surface area (Å²) in [5, 5.41) is 8.95. The Hall–Kier alpha value is -2.76. The first-order valence-electron chi connectivity index (χ1n) is 10.1. The van der Waals surface area contributed by atoms with Crippen LogP contribution in [0.15, 0.2) is 36.5 Å². The van der Waals surface area contributed by atoms with Crippen molar-refractivity contribution in [1.29, 1.82) is 0 Å². The molecule has 1 aromatic heterocycles. The maximum atomic E-state index is 13.1. The number of alkyl halides is 1. The first-order chi connectivity index (χ1) is 15.2. The van der Waals surface area contributed by atoms with E-state index >= 15 is 0 Å². The highest BCUT2D eigenvalue weighted by Crippen LogP contribution is 2.29. The summed E-state index contributed by atoms with van der Waals surface area (Å²) in [6.07, 6.45) is 1.25. The molecule has 9 nitrogen and oxygen atoms in total. The number of pyridine rings is 1. The molecule has 0 bridgehead atoms. The maximum Gasteiger partial charge on any atom is 0.274 e. The van der Waals surface area contributed by atoms with E-state index in [4.69, 9.17) is 4.74 Å². The Kier molecular flexibility index (Phi) is 7.64. The van der Waals surface area contributed by atoms with Gasteiger partial charge in [-0.1, -0.05) is 0 Å². The molecule has 1 aliphatic heterocycles. The van der Waals surface area contributed by atoms with Gasteiger partial charge in [-0.05, 0) is 44.2 Å². The molecule has 3 N–H and O–H groups in total. The summed E-state index contributed by atoms with van der Waals surface area (Å²) >= 11 is 0. The van der Waals surface area contributed by atoms with Crippen molar-refractivity contribution in [2.45, 2.75) is 24.3 Å². The van der Waals surface area contributed by atoms with Crippen LogP contribution in [0.4, 0.5) is 10.1 Å². The molecule has 32 heavy (non-hydrogen) atoms. The Morgan fingerprint density at radius 2 is 2.09 bits per heavy atom. The van der Waals surface area contributed by atoms with Crippen molar-refractivity contribution >= 4 is 21.4 Å². The lowest BCUT2D eigenvalue weighted by atomic mass is 10.2. The summed E-state index contributed by atoms with van der Waals surface area (Å²) in [7, 11) is -3.55. The Bertz CT molecular complexity index is 1040.